The van der Waals surface area contributed by atoms with E-state index in [1.807, 2.05) is 49.3 Å². The lowest BCUT2D eigenvalue weighted by Crippen LogP contribution is -2.33. The lowest BCUT2D eigenvalue weighted by molar-refractivity contribution is -0.131. The highest BCUT2D eigenvalue weighted by atomic mass is 16.2. The van der Waals surface area contributed by atoms with Crippen molar-refractivity contribution in [3.63, 3.8) is 0 Å². The number of benzene rings is 1. The van der Waals surface area contributed by atoms with E-state index < -0.39 is 0 Å². The van der Waals surface area contributed by atoms with Crippen molar-refractivity contribution in [2.75, 3.05) is 27.2 Å². The standard InChI is InChI=1S/C15H24N2O/c1-4-14(13-9-6-5-7-10-13)15(18)17(3)12-8-11-16-2/h5-7,9-10,14,16H,4,8,11-12H2,1-3H3. The van der Waals surface area contributed by atoms with Crippen LogP contribution < -0.4 is 5.32 Å². The Morgan fingerprint density at radius 3 is 2.56 bits per heavy atom. The third-order valence-corrected chi connectivity index (χ3v) is 3.20. The van der Waals surface area contributed by atoms with Crippen molar-refractivity contribution in [1.29, 1.82) is 0 Å². The predicted molar refractivity (Wildman–Crippen MR) is 75.7 cm³/mol. The van der Waals surface area contributed by atoms with Crippen LogP contribution in [0.25, 0.3) is 0 Å². The molecule has 0 saturated carbocycles. The zero-order chi connectivity index (χ0) is 13.4. The van der Waals surface area contributed by atoms with Gasteiger partial charge in [-0.1, -0.05) is 37.3 Å². The Hall–Kier alpha value is -1.35. The summed E-state index contributed by atoms with van der Waals surface area (Å²) in [6, 6.07) is 10.0. The number of rotatable bonds is 7. The molecule has 0 fully saturated rings. The van der Waals surface area contributed by atoms with Crippen LogP contribution in [0.2, 0.25) is 0 Å². The highest BCUT2D eigenvalue weighted by Crippen LogP contribution is 2.21. The molecule has 0 aliphatic rings. The molecule has 3 heteroatoms. The third kappa shape index (κ3) is 4.15. The topological polar surface area (TPSA) is 32.3 Å². The minimum absolute atomic E-state index is 0.00853. The van der Waals surface area contributed by atoms with Crippen molar-refractivity contribution in [2.45, 2.75) is 25.7 Å². The molecule has 0 bridgehead atoms. The van der Waals surface area contributed by atoms with Gasteiger partial charge in [-0.2, -0.15) is 0 Å². The summed E-state index contributed by atoms with van der Waals surface area (Å²) in [5.41, 5.74) is 1.12. The summed E-state index contributed by atoms with van der Waals surface area (Å²) in [7, 11) is 3.82. The van der Waals surface area contributed by atoms with Gasteiger partial charge in [0.1, 0.15) is 0 Å². The average molecular weight is 248 g/mol. The van der Waals surface area contributed by atoms with E-state index in [1.165, 1.54) is 0 Å². The van der Waals surface area contributed by atoms with E-state index >= 15 is 0 Å². The molecular weight excluding hydrogens is 224 g/mol. The van der Waals surface area contributed by atoms with E-state index in [-0.39, 0.29) is 11.8 Å². The molecule has 1 atom stereocenters. The molecule has 1 aromatic rings. The first-order valence-corrected chi connectivity index (χ1v) is 6.65. The first kappa shape index (κ1) is 14.7. The normalized spacial score (nSPS) is 12.2. The Bertz CT molecular complexity index is 351. The van der Waals surface area contributed by atoms with E-state index in [0.717, 1.165) is 31.5 Å². The highest BCUT2D eigenvalue weighted by molar-refractivity contribution is 5.83. The fourth-order valence-corrected chi connectivity index (χ4v) is 2.11. The summed E-state index contributed by atoms with van der Waals surface area (Å²) in [6.07, 6.45) is 1.84. The number of nitrogens with zero attached hydrogens (tertiary/aromatic N) is 1. The van der Waals surface area contributed by atoms with Crippen LogP contribution in [0.5, 0.6) is 0 Å². The molecular formula is C15H24N2O. The van der Waals surface area contributed by atoms with Gasteiger partial charge in [0, 0.05) is 13.6 Å². The molecule has 0 saturated heterocycles. The second-order valence-corrected chi connectivity index (χ2v) is 4.59. The summed E-state index contributed by atoms with van der Waals surface area (Å²) < 4.78 is 0. The fraction of sp³-hybridized carbons (Fsp3) is 0.533. The zero-order valence-corrected chi connectivity index (χ0v) is 11.6. The molecule has 0 aromatic heterocycles. The van der Waals surface area contributed by atoms with Crippen LogP contribution in [0.3, 0.4) is 0 Å². The monoisotopic (exact) mass is 248 g/mol. The maximum atomic E-state index is 12.4. The zero-order valence-electron chi connectivity index (χ0n) is 11.6. The lowest BCUT2D eigenvalue weighted by atomic mass is 9.95. The maximum Gasteiger partial charge on any atom is 0.229 e. The van der Waals surface area contributed by atoms with Gasteiger partial charge in [0.15, 0.2) is 0 Å². The molecule has 0 heterocycles. The summed E-state index contributed by atoms with van der Waals surface area (Å²) in [5.74, 6) is 0.214. The first-order chi connectivity index (χ1) is 8.70. The minimum Gasteiger partial charge on any atom is -0.345 e. The Balaban J connectivity index is 2.62. The summed E-state index contributed by atoms with van der Waals surface area (Å²) in [5, 5.41) is 3.10. The molecule has 1 amide bonds. The molecule has 1 rings (SSSR count). The van der Waals surface area contributed by atoms with Gasteiger partial charge >= 0.3 is 0 Å². The van der Waals surface area contributed by atoms with Gasteiger partial charge in [-0.3, -0.25) is 4.79 Å². The van der Waals surface area contributed by atoms with Gasteiger partial charge in [0.25, 0.3) is 0 Å². The molecule has 0 aliphatic heterocycles. The summed E-state index contributed by atoms with van der Waals surface area (Å²) in [6.45, 7) is 3.82. The lowest BCUT2D eigenvalue weighted by Gasteiger charge is -2.23. The average Bonchev–Trinajstić information content (AvgIpc) is 2.41. The summed E-state index contributed by atoms with van der Waals surface area (Å²) >= 11 is 0. The van der Waals surface area contributed by atoms with Gasteiger partial charge in [0.05, 0.1) is 5.92 Å². The molecule has 1 unspecified atom stereocenters. The first-order valence-electron chi connectivity index (χ1n) is 6.65. The quantitative estimate of drug-likeness (QED) is 0.751. The van der Waals surface area contributed by atoms with Crippen molar-refractivity contribution in [1.82, 2.24) is 10.2 Å². The Morgan fingerprint density at radius 2 is 2.00 bits per heavy atom. The van der Waals surface area contributed by atoms with Crippen molar-refractivity contribution in [3.05, 3.63) is 35.9 Å². The molecule has 0 radical (unpaired) electrons. The van der Waals surface area contributed by atoms with Crippen LogP contribution in [0.4, 0.5) is 0 Å². The number of carbonyl (C=O) groups is 1. The van der Waals surface area contributed by atoms with Crippen molar-refractivity contribution in [3.8, 4) is 0 Å². The number of hydrogen-bond acceptors (Lipinski definition) is 2. The molecule has 0 spiro atoms. The van der Waals surface area contributed by atoms with E-state index in [1.54, 1.807) is 0 Å². The van der Waals surface area contributed by atoms with Crippen LogP contribution >= 0.6 is 0 Å². The molecule has 100 valence electrons. The van der Waals surface area contributed by atoms with Gasteiger partial charge < -0.3 is 10.2 Å². The van der Waals surface area contributed by atoms with Gasteiger partial charge in [-0.15, -0.1) is 0 Å². The van der Waals surface area contributed by atoms with Gasteiger partial charge in [-0.05, 0) is 32.0 Å². The van der Waals surface area contributed by atoms with Crippen LogP contribution in [-0.2, 0) is 4.79 Å². The van der Waals surface area contributed by atoms with Crippen LogP contribution in [0.15, 0.2) is 30.3 Å². The summed E-state index contributed by atoms with van der Waals surface area (Å²) in [4.78, 5) is 14.2. The van der Waals surface area contributed by atoms with E-state index in [2.05, 4.69) is 12.2 Å². The highest BCUT2D eigenvalue weighted by Gasteiger charge is 2.21. The number of likely N-dealkylation sites (N-methyl/N-ethyl adjacent to an activating group) is 1. The number of carbonyl (C=O) groups excluding carboxylic acids is 1. The largest absolute Gasteiger partial charge is 0.345 e. The van der Waals surface area contributed by atoms with Crippen molar-refractivity contribution in [2.24, 2.45) is 0 Å². The van der Waals surface area contributed by atoms with Crippen molar-refractivity contribution < 1.29 is 4.79 Å². The van der Waals surface area contributed by atoms with Crippen LogP contribution in [-0.4, -0.2) is 38.0 Å². The van der Waals surface area contributed by atoms with E-state index in [4.69, 9.17) is 0 Å². The Morgan fingerprint density at radius 1 is 1.33 bits per heavy atom. The van der Waals surface area contributed by atoms with Gasteiger partial charge in [0.2, 0.25) is 5.91 Å². The molecule has 18 heavy (non-hydrogen) atoms. The number of nitrogens with one attached hydrogen (secondary N) is 1. The van der Waals surface area contributed by atoms with Crippen molar-refractivity contribution >= 4 is 5.91 Å². The second kappa shape index (κ2) is 7.88. The second-order valence-electron chi connectivity index (χ2n) is 4.59. The van der Waals surface area contributed by atoms with E-state index in [9.17, 15) is 4.79 Å². The molecule has 0 aliphatic carbocycles. The smallest absolute Gasteiger partial charge is 0.229 e. The van der Waals surface area contributed by atoms with Crippen LogP contribution in [0.1, 0.15) is 31.2 Å². The molecule has 1 N–H and O–H groups in total. The predicted octanol–water partition coefficient (Wildman–Crippen LogP) is 2.25. The SMILES string of the molecule is CCC(C(=O)N(C)CCCNC)c1ccccc1. The minimum atomic E-state index is -0.00853. The van der Waals surface area contributed by atoms with Gasteiger partial charge in [-0.25, -0.2) is 0 Å². The van der Waals surface area contributed by atoms with Crippen LogP contribution in [0, 0.1) is 0 Å². The molecule has 3 nitrogen and oxygen atoms in total. The maximum absolute atomic E-state index is 12.4. The Labute approximate surface area is 110 Å². The number of hydrogen-bond donors (Lipinski definition) is 1. The Kier molecular flexibility index (Phi) is 6.44. The van der Waals surface area contributed by atoms with E-state index in [0.29, 0.717) is 0 Å². The number of amides is 1. The molecule has 1 aromatic carbocycles. The third-order valence-electron chi connectivity index (χ3n) is 3.20. The fourth-order valence-electron chi connectivity index (χ4n) is 2.11.